The third kappa shape index (κ3) is 5.26. The maximum Gasteiger partial charge on any atom is 0.159 e. The highest BCUT2D eigenvalue weighted by molar-refractivity contribution is 5.94. The van der Waals surface area contributed by atoms with Crippen molar-refractivity contribution in [2.75, 3.05) is 31.1 Å². The molecule has 180 valence electrons. The van der Waals surface area contributed by atoms with E-state index in [0.717, 1.165) is 55.5 Å². The van der Waals surface area contributed by atoms with Gasteiger partial charge in [-0.1, -0.05) is 42.5 Å². The predicted octanol–water partition coefficient (Wildman–Crippen LogP) is 4.58. The van der Waals surface area contributed by atoms with Gasteiger partial charge >= 0.3 is 0 Å². The molecule has 0 bridgehead atoms. The predicted molar refractivity (Wildman–Crippen MR) is 141 cm³/mol. The molecule has 0 atom stereocenters. The summed E-state index contributed by atoms with van der Waals surface area (Å²) in [6.07, 6.45) is 5.46. The molecule has 3 heterocycles. The van der Waals surface area contributed by atoms with Crippen LogP contribution >= 0.6 is 12.4 Å². The molecule has 8 heteroatoms. The Kier molecular flexibility index (Phi) is 7.58. The molecule has 7 nitrogen and oxygen atoms in total. The fourth-order valence-corrected chi connectivity index (χ4v) is 4.42. The van der Waals surface area contributed by atoms with Crippen LogP contribution in [0.3, 0.4) is 0 Å². The van der Waals surface area contributed by atoms with Crippen molar-refractivity contribution in [3.8, 4) is 16.9 Å². The number of carbonyl (C=O) groups is 1. The minimum Gasteiger partial charge on any atom is -0.352 e. The molecule has 1 aliphatic rings. The lowest BCUT2D eigenvalue weighted by Gasteiger charge is -2.35. The van der Waals surface area contributed by atoms with Crippen molar-refractivity contribution in [3.05, 3.63) is 90.0 Å². The normalized spacial score (nSPS) is 13.9. The molecular weight excluding hydrogens is 460 g/mol. The fraction of sp³-hybridized carbons (Fsp3) is 0.259. The van der Waals surface area contributed by atoms with Crippen molar-refractivity contribution in [1.29, 1.82) is 0 Å². The lowest BCUT2D eigenvalue weighted by atomic mass is 10.1. The van der Waals surface area contributed by atoms with E-state index in [4.69, 9.17) is 0 Å². The summed E-state index contributed by atoms with van der Waals surface area (Å²) in [5.41, 5.74) is 6.05. The number of rotatable bonds is 6. The van der Waals surface area contributed by atoms with Gasteiger partial charge in [-0.3, -0.25) is 14.7 Å². The van der Waals surface area contributed by atoms with Gasteiger partial charge in [0.05, 0.1) is 11.9 Å². The first kappa shape index (κ1) is 24.6. The van der Waals surface area contributed by atoms with Crippen LogP contribution in [-0.4, -0.2) is 56.6 Å². The average molecular weight is 489 g/mol. The standard InChI is InChI=1S/C27H28N6O.ClH/c1-20-24(18-30-33(20)25-6-4-3-5-7-25)19-31-14-16-32(17-15-31)27-26(28-12-13-29-27)23-10-8-22(9-11-23)21(2)34;/h3-13,18H,14-17,19H2,1-2H3;1H. The number of carbonyl (C=O) groups excluding carboxylic acids is 1. The number of hydrogen-bond donors (Lipinski definition) is 0. The second-order valence-electron chi connectivity index (χ2n) is 8.63. The van der Waals surface area contributed by atoms with Crippen LogP contribution in [0, 0.1) is 6.92 Å². The van der Waals surface area contributed by atoms with Crippen LogP contribution in [0.5, 0.6) is 0 Å². The molecule has 0 aliphatic carbocycles. The monoisotopic (exact) mass is 488 g/mol. The van der Waals surface area contributed by atoms with Crippen molar-refractivity contribution in [2.24, 2.45) is 0 Å². The van der Waals surface area contributed by atoms with Crippen molar-refractivity contribution >= 4 is 24.0 Å². The first-order valence-electron chi connectivity index (χ1n) is 11.6. The molecule has 2 aromatic heterocycles. The topological polar surface area (TPSA) is 67.2 Å². The van der Waals surface area contributed by atoms with Gasteiger partial charge < -0.3 is 4.90 Å². The zero-order chi connectivity index (χ0) is 23.5. The molecule has 0 amide bonds. The van der Waals surface area contributed by atoms with E-state index in [1.54, 1.807) is 19.3 Å². The molecule has 2 aromatic carbocycles. The van der Waals surface area contributed by atoms with Crippen molar-refractivity contribution in [2.45, 2.75) is 20.4 Å². The minimum atomic E-state index is 0. The van der Waals surface area contributed by atoms with E-state index in [9.17, 15) is 4.79 Å². The van der Waals surface area contributed by atoms with Crippen molar-refractivity contribution in [3.63, 3.8) is 0 Å². The maximum absolute atomic E-state index is 11.6. The van der Waals surface area contributed by atoms with Crippen LogP contribution in [-0.2, 0) is 6.54 Å². The van der Waals surface area contributed by atoms with E-state index in [2.05, 4.69) is 43.9 Å². The van der Waals surface area contributed by atoms with Gasteiger partial charge in [-0.15, -0.1) is 12.4 Å². The Labute approximate surface area is 211 Å². The van der Waals surface area contributed by atoms with Crippen molar-refractivity contribution < 1.29 is 4.79 Å². The first-order chi connectivity index (χ1) is 16.6. The summed E-state index contributed by atoms with van der Waals surface area (Å²) in [7, 11) is 0. The van der Waals surface area contributed by atoms with Gasteiger partial charge in [-0.25, -0.2) is 9.67 Å². The van der Waals surface area contributed by atoms with E-state index >= 15 is 0 Å². The number of para-hydroxylation sites is 1. The number of hydrogen-bond acceptors (Lipinski definition) is 6. The summed E-state index contributed by atoms with van der Waals surface area (Å²) >= 11 is 0. The van der Waals surface area contributed by atoms with Gasteiger partial charge in [0.15, 0.2) is 11.6 Å². The van der Waals surface area contributed by atoms with Gasteiger partial charge in [-0.2, -0.15) is 5.10 Å². The Morgan fingerprint density at radius 3 is 2.29 bits per heavy atom. The Balaban J connectivity index is 0.00000289. The van der Waals surface area contributed by atoms with Crippen LogP contribution in [0.4, 0.5) is 5.82 Å². The SMILES string of the molecule is CC(=O)c1ccc(-c2nccnc2N2CCN(Cc3cnn(-c4ccccc4)c3C)CC2)cc1.Cl. The maximum atomic E-state index is 11.6. The van der Waals surface area contributed by atoms with Gasteiger partial charge in [-0.05, 0) is 26.0 Å². The molecule has 1 fully saturated rings. The van der Waals surface area contributed by atoms with Crippen LogP contribution in [0.25, 0.3) is 16.9 Å². The number of aromatic nitrogens is 4. The van der Waals surface area contributed by atoms with E-state index in [0.29, 0.717) is 5.56 Å². The van der Waals surface area contributed by atoms with Gasteiger partial charge in [0.2, 0.25) is 0 Å². The van der Waals surface area contributed by atoms with E-state index in [-0.39, 0.29) is 18.2 Å². The van der Waals surface area contributed by atoms with E-state index in [1.807, 2.05) is 53.3 Å². The Morgan fingerprint density at radius 1 is 0.914 bits per heavy atom. The molecular formula is C27H29ClN6O. The van der Waals surface area contributed by atoms with Crippen LogP contribution in [0.2, 0.25) is 0 Å². The van der Waals surface area contributed by atoms with Crippen LogP contribution < -0.4 is 4.90 Å². The lowest BCUT2D eigenvalue weighted by molar-refractivity contribution is 0.101. The Morgan fingerprint density at radius 2 is 1.60 bits per heavy atom. The molecule has 0 saturated carbocycles. The number of halogens is 1. The van der Waals surface area contributed by atoms with Gasteiger partial charge in [0, 0.05) is 67.5 Å². The van der Waals surface area contributed by atoms with Gasteiger partial charge in [0.1, 0.15) is 5.69 Å². The number of benzene rings is 2. The summed E-state index contributed by atoms with van der Waals surface area (Å²) in [5, 5.41) is 4.62. The molecule has 4 aromatic rings. The first-order valence-corrected chi connectivity index (χ1v) is 11.6. The molecule has 0 unspecified atom stereocenters. The largest absolute Gasteiger partial charge is 0.352 e. The quantitative estimate of drug-likeness (QED) is 0.370. The Bertz CT molecular complexity index is 1280. The lowest BCUT2D eigenvalue weighted by Crippen LogP contribution is -2.46. The second kappa shape index (κ2) is 10.8. The number of Topliss-reactive ketones (excluding diaryl/α,β-unsaturated/α-hetero) is 1. The van der Waals surface area contributed by atoms with E-state index in [1.165, 1.54) is 11.3 Å². The molecule has 0 N–H and O–H groups in total. The highest BCUT2D eigenvalue weighted by atomic mass is 35.5. The third-order valence-corrected chi connectivity index (χ3v) is 6.42. The number of ketones is 1. The number of nitrogens with zero attached hydrogens (tertiary/aromatic N) is 6. The zero-order valence-corrected chi connectivity index (χ0v) is 20.8. The van der Waals surface area contributed by atoms with Gasteiger partial charge in [0.25, 0.3) is 0 Å². The number of piperazine rings is 1. The van der Waals surface area contributed by atoms with Crippen molar-refractivity contribution in [1.82, 2.24) is 24.6 Å². The highest BCUT2D eigenvalue weighted by Crippen LogP contribution is 2.28. The third-order valence-electron chi connectivity index (χ3n) is 6.42. The van der Waals surface area contributed by atoms with E-state index < -0.39 is 0 Å². The summed E-state index contributed by atoms with van der Waals surface area (Å²) in [6.45, 7) is 8.23. The summed E-state index contributed by atoms with van der Waals surface area (Å²) in [4.78, 5) is 25.7. The van der Waals surface area contributed by atoms with Crippen LogP contribution in [0.15, 0.2) is 73.2 Å². The second-order valence-corrected chi connectivity index (χ2v) is 8.63. The minimum absolute atomic E-state index is 0. The molecule has 1 saturated heterocycles. The molecule has 0 spiro atoms. The zero-order valence-electron chi connectivity index (χ0n) is 20.0. The Hall–Kier alpha value is -3.55. The molecule has 1 aliphatic heterocycles. The summed E-state index contributed by atoms with van der Waals surface area (Å²) in [5.74, 6) is 0.956. The molecule has 0 radical (unpaired) electrons. The summed E-state index contributed by atoms with van der Waals surface area (Å²) < 4.78 is 2.01. The fourth-order valence-electron chi connectivity index (χ4n) is 4.42. The molecule has 35 heavy (non-hydrogen) atoms. The van der Waals surface area contributed by atoms with Crippen LogP contribution in [0.1, 0.15) is 28.5 Å². The smallest absolute Gasteiger partial charge is 0.159 e. The average Bonchev–Trinajstić information content (AvgIpc) is 3.25. The molecule has 5 rings (SSSR count). The highest BCUT2D eigenvalue weighted by Gasteiger charge is 2.22. The number of anilines is 1. The summed E-state index contributed by atoms with van der Waals surface area (Å²) in [6, 6.07) is 17.9.